The van der Waals surface area contributed by atoms with Crippen LogP contribution in [0.2, 0.25) is 0 Å². The van der Waals surface area contributed by atoms with E-state index in [1.165, 1.54) is 6.92 Å². The van der Waals surface area contributed by atoms with Crippen LogP contribution in [0.4, 0.5) is 0 Å². The molecule has 0 saturated heterocycles. The van der Waals surface area contributed by atoms with Gasteiger partial charge in [-0.2, -0.15) is 0 Å². The van der Waals surface area contributed by atoms with Crippen molar-refractivity contribution in [1.82, 2.24) is 0 Å². The van der Waals surface area contributed by atoms with Gasteiger partial charge in [0.1, 0.15) is 5.75 Å². The predicted molar refractivity (Wildman–Crippen MR) is 56.9 cm³/mol. The second-order valence-electron chi connectivity index (χ2n) is 3.23. The molecule has 0 radical (unpaired) electrons. The summed E-state index contributed by atoms with van der Waals surface area (Å²) in [6.07, 6.45) is 0. The van der Waals surface area contributed by atoms with Gasteiger partial charge < -0.3 is 4.74 Å². The van der Waals surface area contributed by atoms with Crippen LogP contribution in [0, 0.1) is 0 Å². The molecule has 0 aromatic heterocycles. The van der Waals surface area contributed by atoms with Gasteiger partial charge in [0, 0.05) is 12.5 Å². The van der Waals surface area contributed by atoms with E-state index in [1.807, 2.05) is 0 Å². The van der Waals surface area contributed by atoms with E-state index in [4.69, 9.17) is 4.74 Å². The minimum absolute atomic E-state index is 0.107. The molecule has 0 atom stereocenters. The third kappa shape index (κ3) is 3.06. The molecule has 0 fully saturated rings. The molecule has 0 bridgehead atoms. The van der Waals surface area contributed by atoms with Crippen molar-refractivity contribution in [3.05, 3.63) is 42.0 Å². The minimum atomic E-state index is -0.381. The van der Waals surface area contributed by atoms with Crippen LogP contribution in [0.3, 0.4) is 0 Å². The van der Waals surface area contributed by atoms with E-state index in [-0.39, 0.29) is 11.8 Å². The highest BCUT2D eigenvalue weighted by Gasteiger charge is 2.06. The normalized spacial score (nSPS) is 9.47. The number of carbonyl (C=O) groups is 2. The summed E-state index contributed by atoms with van der Waals surface area (Å²) >= 11 is 0. The van der Waals surface area contributed by atoms with Crippen molar-refractivity contribution < 1.29 is 14.3 Å². The number of ketones is 1. The van der Waals surface area contributed by atoms with Crippen LogP contribution >= 0.6 is 0 Å². The van der Waals surface area contributed by atoms with Crippen molar-refractivity contribution in [1.29, 1.82) is 0 Å². The van der Waals surface area contributed by atoms with Gasteiger partial charge in [0.05, 0.1) is 0 Å². The summed E-state index contributed by atoms with van der Waals surface area (Å²) in [6, 6.07) is 6.37. The Hall–Kier alpha value is -1.90. The molecule has 15 heavy (non-hydrogen) atoms. The molecular formula is C12H12O3. The van der Waals surface area contributed by atoms with Crippen LogP contribution < -0.4 is 4.74 Å². The third-order valence-electron chi connectivity index (χ3n) is 1.77. The second-order valence-corrected chi connectivity index (χ2v) is 3.23. The van der Waals surface area contributed by atoms with E-state index >= 15 is 0 Å². The predicted octanol–water partition coefficient (Wildman–Crippen LogP) is 2.37. The number of rotatable bonds is 3. The number of allylic oxidation sites excluding steroid dienone is 1. The third-order valence-corrected chi connectivity index (χ3v) is 1.77. The molecular weight excluding hydrogens is 192 g/mol. The number of benzene rings is 1. The summed E-state index contributed by atoms with van der Waals surface area (Å²) in [5, 5.41) is 0. The molecule has 0 spiro atoms. The van der Waals surface area contributed by atoms with Crippen LogP contribution in [0.15, 0.2) is 36.4 Å². The topological polar surface area (TPSA) is 43.4 Å². The largest absolute Gasteiger partial charge is 0.427 e. The highest BCUT2D eigenvalue weighted by atomic mass is 16.5. The van der Waals surface area contributed by atoms with E-state index in [2.05, 4.69) is 6.58 Å². The molecule has 3 nitrogen and oxygen atoms in total. The number of hydrogen-bond acceptors (Lipinski definition) is 3. The quantitative estimate of drug-likeness (QED) is 0.328. The van der Waals surface area contributed by atoms with Gasteiger partial charge in [-0.3, -0.25) is 9.59 Å². The number of Topliss-reactive ketones (excluding diaryl/α,β-unsaturated/α-hetero) is 1. The molecule has 3 heteroatoms. The molecule has 0 aliphatic carbocycles. The van der Waals surface area contributed by atoms with E-state index in [1.54, 1.807) is 31.2 Å². The Kier molecular flexibility index (Phi) is 3.39. The average Bonchev–Trinajstić information content (AvgIpc) is 2.17. The molecule has 0 aliphatic heterocycles. The summed E-state index contributed by atoms with van der Waals surface area (Å²) in [6.45, 7) is 6.55. The van der Waals surface area contributed by atoms with Crippen molar-refractivity contribution in [3.63, 3.8) is 0 Å². The molecule has 1 aromatic rings. The van der Waals surface area contributed by atoms with E-state index in [0.717, 1.165) is 0 Å². The average molecular weight is 204 g/mol. The monoisotopic (exact) mass is 204 g/mol. The van der Waals surface area contributed by atoms with Gasteiger partial charge in [-0.25, -0.2) is 0 Å². The van der Waals surface area contributed by atoms with Crippen molar-refractivity contribution in [2.75, 3.05) is 0 Å². The molecule has 0 heterocycles. The maximum absolute atomic E-state index is 11.5. The number of hydrogen-bond donors (Lipinski definition) is 0. The lowest BCUT2D eigenvalue weighted by atomic mass is 10.1. The lowest BCUT2D eigenvalue weighted by Crippen LogP contribution is -2.02. The standard InChI is InChI=1S/C12H12O3/c1-8(2)12(14)10-4-6-11(7-5-10)15-9(3)13/h4-7H,1H2,2-3H3. The second kappa shape index (κ2) is 4.55. The number of carbonyl (C=O) groups excluding carboxylic acids is 2. The molecule has 0 aliphatic rings. The van der Waals surface area contributed by atoms with Gasteiger partial charge in [0.25, 0.3) is 0 Å². The fourth-order valence-electron chi connectivity index (χ4n) is 1.09. The summed E-state index contributed by atoms with van der Waals surface area (Å²) in [5.41, 5.74) is 1.02. The molecule has 1 aromatic carbocycles. The van der Waals surface area contributed by atoms with Crippen LogP contribution in [0.25, 0.3) is 0 Å². The summed E-state index contributed by atoms with van der Waals surface area (Å²) in [5.74, 6) is -0.0564. The highest BCUT2D eigenvalue weighted by Crippen LogP contribution is 2.14. The Bertz CT molecular complexity index is 401. The Morgan fingerprint density at radius 2 is 1.67 bits per heavy atom. The lowest BCUT2D eigenvalue weighted by molar-refractivity contribution is -0.131. The van der Waals surface area contributed by atoms with Crippen molar-refractivity contribution >= 4 is 11.8 Å². The Morgan fingerprint density at radius 3 is 2.07 bits per heavy atom. The number of esters is 1. The smallest absolute Gasteiger partial charge is 0.308 e. The van der Waals surface area contributed by atoms with Gasteiger partial charge in [0.15, 0.2) is 5.78 Å². The molecule has 1 rings (SSSR count). The molecule has 0 N–H and O–H groups in total. The van der Waals surface area contributed by atoms with E-state index < -0.39 is 0 Å². The van der Waals surface area contributed by atoms with Gasteiger partial charge >= 0.3 is 5.97 Å². The minimum Gasteiger partial charge on any atom is -0.427 e. The first-order valence-electron chi connectivity index (χ1n) is 4.49. The molecule has 0 saturated carbocycles. The van der Waals surface area contributed by atoms with Gasteiger partial charge in [-0.1, -0.05) is 6.58 Å². The first-order valence-corrected chi connectivity index (χ1v) is 4.49. The van der Waals surface area contributed by atoms with Crippen LogP contribution in [-0.2, 0) is 4.79 Å². The molecule has 0 amide bonds. The van der Waals surface area contributed by atoms with Crippen LogP contribution in [0.1, 0.15) is 24.2 Å². The summed E-state index contributed by atoms with van der Waals surface area (Å²) in [7, 11) is 0. The Labute approximate surface area is 88.4 Å². The first kappa shape index (κ1) is 11.2. The lowest BCUT2D eigenvalue weighted by Gasteiger charge is -2.02. The Morgan fingerprint density at radius 1 is 1.13 bits per heavy atom. The summed E-state index contributed by atoms with van der Waals surface area (Å²) < 4.78 is 4.84. The van der Waals surface area contributed by atoms with Crippen molar-refractivity contribution in [2.45, 2.75) is 13.8 Å². The molecule has 78 valence electrons. The first-order chi connectivity index (χ1) is 7.00. The van der Waals surface area contributed by atoms with Gasteiger partial charge in [0.2, 0.25) is 0 Å². The zero-order valence-corrected chi connectivity index (χ0v) is 8.74. The zero-order chi connectivity index (χ0) is 11.4. The maximum atomic E-state index is 11.5. The van der Waals surface area contributed by atoms with Crippen molar-refractivity contribution in [2.24, 2.45) is 0 Å². The fraction of sp³-hybridized carbons (Fsp3) is 0.167. The SMILES string of the molecule is C=C(C)C(=O)c1ccc(OC(C)=O)cc1. The highest BCUT2D eigenvalue weighted by molar-refractivity contribution is 6.07. The van der Waals surface area contributed by atoms with Crippen molar-refractivity contribution in [3.8, 4) is 5.75 Å². The van der Waals surface area contributed by atoms with E-state index in [0.29, 0.717) is 16.9 Å². The molecule has 0 unspecified atom stereocenters. The van der Waals surface area contributed by atoms with Crippen LogP contribution in [0.5, 0.6) is 5.75 Å². The van der Waals surface area contributed by atoms with Crippen LogP contribution in [-0.4, -0.2) is 11.8 Å². The maximum Gasteiger partial charge on any atom is 0.308 e. The summed E-state index contributed by atoms with van der Waals surface area (Å²) in [4.78, 5) is 22.1. The van der Waals surface area contributed by atoms with Gasteiger partial charge in [-0.15, -0.1) is 0 Å². The fourth-order valence-corrected chi connectivity index (χ4v) is 1.09. The number of ether oxygens (including phenoxy) is 1. The van der Waals surface area contributed by atoms with Gasteiger partial charge in [-0.05, 0) is 36.8 Å². The Balaban J connectivity index is 2.85. The zero-order valence-electron chi connectivity index (χ0n) is 8.74. The van der Waals surface area contributed by atoms with E-state index in [9.17, 15) is 9.59 Å².